The number of hydrogen-bond donors (Lipinski definition) is 2. The van der Waals surface area contributed by atoms with Crippen LogP contribution in [0.15, 0.2) is 30.3 Å². The molecule has 0 spiro atoms. The monoisotopic (exact) mass is 453 g/mol. The maximum absolute atomic E-state index is 12.3. The van der Waals surface area contributed by atoms with Crippen LogP contribution in [0.3, 0.4) is 0 Å². The maximum Gasteiger partial charge on any atom is 0.313 e. The van der Waals surface area contributed by atoms with Crippen LogP contribution in [0.2, 0.25) is 0 Å². The Morgan fingerprint density at radius 1 is 1.06 bits per heavy atom. The van der Waals surface area contributed by atoms with Gasteiger partial charge in [0.2, 0.25) is 5.75 Å². The number of fused-ring (bicyclic) bond motifs is 1. The summed E-state index contributed by atoms with van der Waals surface area (Å²) < 4.78 is 17.9. The highest BCUT2D eigenvalue weighted by Gasteiger charge is 2.59. The lowest BCUT2D eigenvalue weighted by molar-refractivity contribution is -0.149. The molecule has 176 valence electrons. The van der Waals surface area contributed by atoms with E-state index in [2.05, 4.69) is 19.2 Å². The minimum absolute atomic E-state index is 0.0775. The van der Waals surface area contributed by atoms with Crippen molar-refractivity contribution >= 4 is 11.9 Å². The zero-order valence-electron chi connectivity index (χ0n) is 19.6. The first-order chi connectivity index (χ1) is 15.9. The van der Waals surface area contributed by atoms with E-state index >= 15 is 0 Å². The summed E-state index contributed by atoms with van der Waals surface area (Å²) in [6.07, 6.45) is 2.31. The fraction of sp³-hybridized carbons (Fsp3) is 0.462. The van der Waals surface area contributed by atoms with E-state index in [4.69, 9.17) is 14.2 Å². The molecule has 2 aromatic carbocycles. The minimum atomic E-state index is -0.893. The van der Waals surface area contributed by atoms with Crippen LogP contribution in [-0.4, -0.2) is 37.3 Å². The fourth-order valence-electron chi connectivity index (χ4n) is 4.90. The van der Waals surface area contributed by atoms with Crippen molar-refractivity contribution in [1.82, 2.24) is 5.32 Å². The highest BCUT2D eigenvalue weighted by molar-refractivity contribution is 5.99. The van der Waals surface area contributed by atoms with E-state index < -0.39 is 17.5 Å². The number of carboxylic acids is 1. The third kappa shape index (κ3) is 3.90. The van der Waals surface area contributed by atoms with Gasteiger partial charge in [0.1, 0.15) is 11.5 Å². The second-order valence-corrected chi connectivity index (χ2v) is 8.81. The summed E-state index contributed by atoms with van der Waals surface area (Å²) >= 11 is 0. The summed E-state index contributed by atoms with van der Waals surface area (Å²) in [6, 6.07) is 9.37. The Balaban J connectivity index is 1.85. The van der Waals surface area contributed by atoms with Crippen molar-refractivity contribution in [3.8, 4) is 28.4 Å². The van der Waals surface area contributed by atoms with Crippen molar-refractivity contribution in [2.24, 2.45) is 11.3 Å². The van der Waals surface area contributed by atoms with Gasteiger partial charge in [0.25, 0.3) is 5.91 Å². The molecule has 0 aromatic heterocycles. The van der Waals surface area contributed by atoms with E-state index in [1.807, 2.05) is 30.3 Å². The molecule has 1 atom stereocenters. The molecule has 7 nitrogen and oxygen atoms in total. The van der Waals surface area contributed by atoms with Gasteiger partial charge in [-0.15, -0.1) is 0 Å². The number of carbonyl (C=O) groups is 2. The third-order valence-electron chi connectivity index (χ3n) is 7.08. The van der Waals surface area contributed by atoms with Crippen LogP contribution in [0.1, 0.15) is 55.5 Å². The number of hydrogen-bond acceptors (Lipinski definition) is 5. The van der Waals surface area contributed by atoms with Crippen molar-refractivity contribution < 1.29 is 28.9 Å². The lowest BCUT2D eigenvalue weighted by atomic mass is 9.84. The number of amides is 1. The van der Waals surface area contributed by atoms with E-state index in [1.165, 1.54) is 0 Å². The van der Waals surface area contributed by atoms with Crippen molar-refractivity contribution in [2.75, 3.05) is 14.2 Å². The van der Waals surface area contributed by atoms with E-state index in [0.29, 0.717) is 42.2 Å². The summed E-state index contributed by atoms with van der Waals surface area (Å²) in [5.41, 5.74) is 2.33. The lowest BCUT2D eigenvalue weighted by Crippen LogP contribution is -2.40. The van der Waals surface area contributed by atoms with Crippen molar-refractivity contribution in [3.05, 3.63) is 41.5 Å². The number of benzene rings is 2. The molecule has 1 saturated carbocycles. The van der Waals surface area contributed by atoms with Gasteiger partial charge in [0, 0.05) is 17.7 Å². The van der Waals surface area contributed by atoms with Crippen LogP contribution >= 0.6 is 0 Å². The van der Waals surface area contributed by atoms with Crippen molar-refractivity contribution in [1.29, 1.82) is 0 Å². The van der Waals surface area contributed by atoms with Gasteiger partial charge in [-0.3, -0.25) is 9.59 Å². The molecule has 0 bridgehead atoms. The average Bonchev–Trinajstić information content (AvgIpc) is 3.56. The fourth-order valence-corrected chi connectivity index (χ4v) is 4.90. The van der Waals surface area contributed by atoms with Crippen molar-refractivity contribution in [3.63, 3.8) is 0 Å². The zero-order valence-corrected chi connectivity index (χ0v) is 19.6. The first-order valence-corrected chi connectivity index (χ1v) is 11.5. The second kappa shape index (κ2) is 8.96. The molecule has 2 aromatic rings. The first kappa shape index (κ1) is 23.0. The molecule has 1 amide bonds. The molecule has 1 aliphatic heterocycles. The zero-order chi connectivity index (χ0) is 23.8. The topological polar surface area (TPSA) is 94.1 Å². The number of nitrogens with one attached hydrogen (secondary N) is 1. The Bertz CT molecular complexity index is 1070. The predicted octanol–water partition coefficient (Wildman–Crippen LogP) is 4.66. The van der Waals surface area contributed by atoms with Crippen LogP contribution < -0.4 is 19.5 Å². The Hall–Kier alpha value is -3.22. The van der Waals surface area contributed by atoms with E-state index in [0.717, 1.165) is 29.5 Å². The van der Waals surface area contributed by atoms with Crippen LogP contribution in [0, 0.1) is 11.3 Å². The number of rotatable bonds is 10. The molecular weight excluding hydrogens is 422 g/mol. The third-order valence-corrected chi connectivity index (χ3v) is 7.08. The Morgan fingerprint density at radius 3 is 2.33 bits per heavy atom. The molecule has 33 heavy (non-hydrogen) atoms. The molecule has 2 N–H and O–H groups in total. The Labute approximate surface area is 194 Å². The van der Waals surface area contributed by atoms with Gasteiger partial charge in [-0.25, -0.2) is 0 Å². The minimum Gasteiger partial charge on any atom is -0.493 e. The summed E-state index contributed by atoms with van der Waals surface area (Å²) in [5.74, 6) is 0.600. The van der Waals surface area contributed by atoms with E-state index in [9.17, 15) is 14.7 Å². The molecule has 1 aliphatic carbocycles. The summed E-state index contributed by atoms with van der Waals surface area (Å²) in [5, 5.41) is 12.9. The largest absolute Gasteiger partial charge is 0.493 e. The Morgan fingerprint density at radius 2 is 1.76 bits per heavy atom. The van der Waals surface area contributed by atoms with Crippen LogP contribution in [0.4, 0.5) is 0 Å². The standard InChI is InChI=1S/C26H31NO6/c1-5-15(6-2)23(26(11-12-26)25(29)30)33-21-18(9-10-20(31-3)22(21)32-4)16-7-8-19-17(13-16)14-27-24(19)28/h7-10,13,15,23H,5-6,11-12,14H2,1-4H3,(H,27,28)(H,29,30). The summed E-state index contributed by atoms with van der Waals surface area (Å²) in [4.78, 5) is 24.3. The smallest absolute Gasteiger partial charge is 0.313 e. The molecule has 4 rings (SSSR count). The van der Waals surface area contributed by atoms with Gasteiger partial charge in [0.15, 0.2) is 11.5 Å². The first-order valence-electron chi connectivity index (χ1n) is 11.5. The van der Waals surface area contributed by atoms with Gasteiger partial charge in [-0.05, 0) is 67.0 Å². The maximum atomic E-state index is 12.3. The number of carboxylic acid groups (broad SMARTS) is 1. The van der Waals surface area contributed by atoms with Crippen LogP contribution in [0.5, 0.6) is 17.2 Å². The number of ether oxygens (including phenoxy) is 3. The molecule has 0 radical (unpaired) electrons. The molecule has 2 aliphatic rings. The molecule has 1 unspecified atom stereocenters. The second-order valence-electron chi connectivity index (χ2n) is 8.81. The highest BCUT2D eigenvalue weighted by atomic mass is 16.5. The van der Waals surface area contributed by atoms with Crippen molar-refractivity contribution in [2.45, 2.75) is 52.2 Å². The van der Waals surface area contributed by atoms with Crippen LogP contribution in [-0.2, 0) is 11.3 Å². The van der Waals surface area contributed by atoms with Gasteiger partial charge in [0.05, 0.1) is 14.2 Å². The molecule has 1 fully saturated rings. The van der Waals surface area contributed by atoms with Gasteiger partial charge in [-0.2, -0.15) is 0 Å². The van der Waals surface area contributed by atoms with E-state index in [1.54, 1.807) is 14.2 Å². The van der Waals surface area contributed by atoms with Gasteiger partial charge < -0.3 is 24.6 Å². The van der Waals surface area contributed by atoms with E-state index in [-0.39, 0.29) is 11.8 Å². The summed E-state index contributed by atoms with van der Waals surface area (Å²) in [6.45, 7) is 4.61. The number of aliphatic carboxylic acids is 1. The molecule has 1 heterocycles. The Kier molecular flexibility index (Phi) is 6.23. The quantitative estimate of drug-likeness (QED) is 0.543. The number of carbonyl (C=O) groups excluding carboxylic acids is 1. The highest BCUT2D eigenvalue weighted by Crippen LogP contribution is 2.55. The van der Waals surface area contributed by atoms with Crippen LogP contribution in [0.25, 0.3) is 11.1 Å². The molecule has 0 saturated heterocycles. The average molecular weight is 454 g/mol. The van der Waals surface area contributed by atoms with Gasteiger partial charge >= 0.3 is 5.97 Å². The normalized spacial score (nSPS) is 16.7. The predicted molar refractivity (Wildman–Crippen MR) is 124 cm³/mol. The molecule has 7 heteroatoms. The number of methoxy groups -OCH3 is 2. The molecular formula is C26H31NO6. The van der Waals surface area contributed by atoms with Gasteiger partial charge in [-0.1, -0.05) is 19.9 Å². The lowest BCUT2D eigenvalue weighted by Gasteiger charge is -2.33. The SMILES string of the molecule is CCC(CC)C(Oc1c(-c2ccc3c(c2)CNC3=O)ccc(OC)c1OC)C1(C(=O)O)CC1. The summed E-state index contributed by atoms with van der Waals surface area (Å²) in [7, 11) is 3.11.